The van der Waals surface area contributed by atoms with Crippen LogP contribution in [0.25, 0.3) is 0 Å². The van der Waals surface area contributed by atoms with Crippen LogP contribution in [0, 0.1) is 5.92 Å². The molecule has 128 valence electrons. The first-order valence-corrected chi connectivity index (χ1v) is 8.58. The van der Waals surface area contributed by atoms with Crippen molar-refractivity contribution in [1.82, 2.24) is 0 Å². The van der Waals surface area contributed by atoms with Crippen LogP contribution >= 0.6 is 0 Å². The van der Waals surface area contributed by atoms with E-state index in [9.17, 15) is 9.59 Å². The van der Waals surface area contributed by atoms with Gasteiger partial charge in [0, 0.05) is 23.5 Å². The van der Waals surface area contributed by atoms with Crippen LogP contribution in [0.15, 0.2) is 47.1 Å². The highest BCUT2D eigenvalue weighted by Gasteiger charge is 2.37. The van der Waals surface area contributed by atoms with E-state index in [0.717, 1.165) is 36.8 Å². The average molecular weight is 328 g/mol. The molecule has 0 aromatic rings. The lowest BCUT2D eigenvalue weighted by Gasteiger charge is -2.16. The van der Waals surface area contributed by atoms with Crippen molar-refractivity contribution in [1.29, 1.82) is 0 Å². The Morgan fingerprint density at radius 3 is 2.62 bits per heavy atom. The van der Waals surface area contributed by atoms with E-state index in [4.69, 9.17) is 9.47 Å². The zero-order chi connectivity index (χ0) is 17.3. The van der Waals surface area contributed by atoms with Crippen molar-refractivity contribution in [3.8, 4) is 0 Å². The molecule has 0 unspecified atom stereocenters. The van der Waals surface area contributed by atoms with Crippen molar-refractivity contribution in [2.45, 2.75) is 58.2 Å². The molecule has 3 aliphatic rings. The van der Waals surface area contributed by atoms with Gasteiger partial charge in [-0.15, -0.1) is 0 Å². The lowest BCUT2D eigenvalue weighted by molar-refractivity contribution is -0.139. The predicted octanol–water partition coefficient (Wildman–Crippen LogP) is 3.79. The molecule has 1 saturated heterocycles. The van der Waals surface area contributed by atoms with Gasteiger partial charge in [0.1, 0.15) is 12.2 Å². The molecular formula is C20H24O4. The first-order valence-electron chi connectivity index (χ1n) is 8.58. The summed E-state index contributed by atoms with van der Waals surface area (Å²) in [6.45, 7) is 8.00. The van der Waals surface area contributed by atoms with Crippen LogP contribution in [0.4, 0.5) is 0 Å². The Kier molecular flexibility index (Phi) is 4.74. The quantitative estimate of drug-likeness (QED) is 0.386. The third-order valence-electron chi connectivity index (χ3n) is 4.99. The molecule has 0 radical (unpaired) electrons. The zero-order valence-electron chi connectivity index (χ0n) is 14.3. The van der Waals surface area contributed by atoms with E-state index in [1.807, 2.05) is 19.1 Å². The number of ether oxygens (including phenoxy) is 2. The van der Waals surface area contributed by atoms with Gasteiger partial charge in [-0.3, -0.25) is 0 Å². The molecule has 24 heavy (non-hydrogen) atoms. The molecule has 0 N–H and O–H groups in total. The molecular weight excluding hydrogens is 304 g/mol. The minimum Gasteiger partial charge on any atom is -0.454 e. The third kappa shape index (κ3) is 3.53. The lowest BCUT2D eigenvalue weighted by atomic mass is 9.89. The standard InChI is InChI=1S/C20H24O4/c1-12-5-4-6-15-11-16(23-20(15)22)9-13(2)10-18-17(8-7-12)14(3)19(21)24-18/h5,10-11,16-18H,3-4,6-9H2,1-2H3/b12-5+,13-10+/t16-,17+,18-/m1/s1. The number of allylic oxidation sites excluding steroid dienone is 2. The fourth-order valence-electron chi connectivity index (χ4n) is 3.57. The maximum Gasteiger partial charge on any atom is 0.334 e. The molecule has 0 spiro atoms. The summed E-state index contributed by atoms with van der Waals surface area (Å²) in [5, 5.41) is 0. The van der Waals surface area contributed by atoms with Crippen molar-refractivity contribution < 1.29 is 19.1 Å². The minimum atomic E-state index is -0.297. The van der Waals surface area contributed by atoms with Crippen molar-refractivity contribution in [3.63, 3.8) is 0 Å². The van der Waals surface area contributed by atoms with Gasteiger partial charge in [-0.25, -0.2) is 9.59 Å². The number of carbonyl (C=O) groups excluding carboxylic acids is 2. The highest BCUT2D eigenvalue weighted by Crippen LogP contribution is 2.34. The van der Waals surface area contributed by atoms with Gasteiger partial charge in [0.15, 0.2) is 0 Å². The summed E-state index contributed by atoms with van der Waals surface area (Å²) in [5.41, 5.74) is 3.67. The Morgan fingerprint density at radius 1 is 1.04 bits per heavy atom. The normalized spacial score (nSPS) is 35.7. The van der Waals surface area contributed by atoms with E-state index >= 15 is 0 Å². The molecule has 1 fully saturated rings. The van der Waals surface area contributed by atoms with Crippen LogP contribution in [0.3, 0.4) is 0 Å². The van der Waals surface area contributed by atoms with Crippen LogP contribution in [0.2, 0.25) is 0 Å². The van der Waals surface area contributed by atoms with Gasteiger partial charge in [-0.2, -0.15) is 0 Å². The highest BCUT2D eigenvalue weighted by molar-refractivity contribution is 5.91. The SMILES string of the molecule is C=C1C(=O)O[C@@H]2/C=C(\C)C[C@@H]3C=C(CC/C=C(\C)CC[C@@H]12)C(=O)O3. The second-order valence-corrected chi connectivity index (χ2v) is 6.98. The molecule has 0 aromatic carbocycles. The average Bonchev–Trinajstić information content (AvgIpc) is 2.97. The molecule has 0 saturated carbocycles. The van der Waals surface area contributed by atoms with Gasteiger partial charge in [-0.05, 0) is 51.7 Å². The number of hydrogen-bond acceptors (Lipinski definition) is 4. The van der Waals surface area contributed by atoms with E-state index < -0.39 is 0 Å². The molecule has 2 aliphatic heterocycles. The minimum absolute atomic E-state index is 0.0240. The second kappa shape index (κ2) is 6.80. The molecule has 4 heteroatoms. The largest absolute Gasteiger partial charge is 0.454 e. The van der Waals surface area contributed by atoms with Gasteiger partial charge in [0.25, 0.3) is 0 Å². The van der Waals surface area contributed by atoms with Gasteiger partial charge in [0.05, 0.1) is 0 Å². The maximum atomic E-state index is 11.9. The Labute approximate surface area is 142 Å². The summed E-state index contributed by atoms with van der Waals surface area (Å²) in [5.74, 6) is -0.474. The Balaban J connectivity index is 1.86. The first kappa shape index (κ1) is 16.7. The van der Waals surface area contributed by atoms with Crippen LogP contribution in [-0.2, 0) is 19.1 Å². The fraction of sp³-hybridized carbons (Fsp3) is 0.500. The molecule has 0 amide bonds. The summed E-state index contributed by atoms with van der Waals surface area (Å²) in [7, 11) is 0. The van der Waals surface area contributed by atoms with Crippen LogP contribution < -0.4 is 0 Å². The van der Waals surface area contributed by atoms with Crippen molar-refractivity contribution >= 4 is 11.9 Å². The molecule has 1 aliphatic carbocycles. The van der Waals surface area contributed by atoms with Gasteiger partial charge in [-0.1, -0.05) is 23.8 Å². The van der Waals surface area contributed by atoms with Crippen molar-refractivity contribution in [3.05, 3.63) is 47.1 Å². The summed E-state index contributed by atoms with van der Waals surface area (Å²) in [6, 6.07) is 0. The fourth-order valence-corrected chi connectivity index (χ4v) is 3.57. The molecule has 2 bridgehead atoms. The van der Waals surface area contributed by atoms with E-state index in [-0.39, 0.29) is 30.1 Å². The number of fused-ring (bicyclic) bond motifs is 2. The molecule has 4 nitrogen and oxygen atoms in total. The van der Waals surface area contributed by atoms with E-state index in [2.05, 4.69) is 19.6 Å². The van der Waals surface area contributed by atoms with E-state index in [0.29, 0.717) is 12.0 Å². The van der Waals surface area contributed by atoms with Gasteiger partial charge < -0.3 is 9.47 Å². The lowest BCUT2D eigenvalue weighted by Crippen LogP contribution is -2.16. The number of esters is 2. The molecule has 3 rings (SSSR count). The summed E-state index contributed by atoms with van der Waals surface area (Å²) >= 11 is 0. The first-order chi connectivity index (χ1) is 11.4. The number of rotatable bonds is 0. The predicted molar refractivity (Wildman–Crippen MR) is 91.1 cm³/mol. The van der Waals surface area contributed by atoms with Crippen molar-refractivity contribution in [2.24, 2.45) is 5.92 Å². The molecule has 2 heterocycles. The Bertz CT molecular complexity index is 665. The van der Waals surface area contributed by atoms with E-state index in [1.165, 1.54) is 5.57 Å². The smallest absolute Gasteiger partial charge is 0.334 e. The summed E-state index contributed by atoms with van der Waals surface area (Å²) < 4.78 is 10.9. The molecule has 0 aromatic heterocycles. The van der Waals surface area contributed by atoms with Crippen LogP contribution in [0.5, 0.6) is 0 Å². The van der Waals surface area contributed by atoms with E-state index in [1.54, 1.807) is 0 Å². The topological polar surface area (TPSA) is 52.6 Å². The van der Waals surface area contributed by atoms with Gasteiger partial charge >= 0.3 is 11.9 Å². The number of hydrogen-bond donors (Lipinski definition) is 0. The Morgan fingerprint density at radius 2 is 1.83 bits per heavy atom. The summed E-state index contributed by atoms with van der Waals surface area (Å²) in [6.07, 6.45) is 9.56. The second-order valence-electron chi connectivity index (χ2n) is 6.98. The third-order valence-corrected chi connectivity index (χ3v) is 4.99. The summed E-state index contributed by atoms with van der Waals surface area (Å²) in [4.78, 5) is 23.8. The van der Waals surface area contributed by atoms with Crippen molar-refractivity contribution in [2.75, 3.05) is 0 Å². The van der Waals surface area contributed by atoms with Crippen LogP contribution in [0.1, 0.15) is 46.0 Å². The Hall–Kier alpha value is -2.10. The number of carbonyl (C=O) groups is 2. The van der Waals surface area contributed by atoms with Crippen LogP contribution in [-0.4, -0.2) is 24.1 Å². The molecule has 3 atom stereocenters. The highest BCUT2D eigenvalue weighted by atomic mass is 16.6. The monoisotopic (exact) mass is 328 g/mol. The maximum absolute atomic E-state index is 11.9. The van der Waals surface area contributed by atoms with Gasteiger partial charge in [0.2, 0.25) is 0 Å². The zero-order valence-corrected chi connectivity index (χ0v) is 14.3.